The van der Waals surface area contributed by atoms with E-state index in [-0.39, 0.29) is 12.3 Å². The van der Waals surface area contributed by atoms with Crippen molar-refractivity contribution in [2.24, 2.45) is 0 Å². The van der Waals surface area contributed by atoms with E-state index in [1.165, 1.54) is 18.6 Å². The number of carbonyl (C=O) groups excluding carboxylic acids is 2. The van der Waals surface area contributed by atoms with Crippen molar-refractivity contribution in [3.8, 4) is 0 Å². The van der Waals surface area contributed by atoms with Crippen molar-refractivity contribution < 1.29 is 19.2 Å². The minimum Gasteiger partial charge on any atom is -0.463 e. The van der Waals surface area contributed by atoms with E-state index in [4.69, 9.17) is 4.74 Å². The molecule has 1 saturated heterocycles. The molecule has 0 aromatic heterocycles. The van der Waals surface area contributed by atoms with E-state index < -0.39 is 23.0 Å². The summed E-state index contributed by atoms with van der Waals surface area (Å²) < 4.78 is 5.23. The molecule has 2 N–H and O–H groups in total. The summed E-state index contributed by atoms with van der Waals surface area (Å²) in [6.45, 7) is 4.19. The fourth-order valence-electron chi connectivity index (χ4n) is 3.57. The first-order valence-corrected chi connectivity index (χ1v) is 9.44. The Morgan fingerprint density at radius 3 is 2.54 bits per heavy atom. The van der Waals surface area contributed by atoms with Crippen molar-refractivity contribution in [3.63, 3.8) is 0 Å². The van der Waals surface area contributed by atoms with Crippen LogP contribution in [0.25, 0.3) is 0 Å². The van der Waals surface area contributed by atoms with Gasteiger partial charge in [-0.3, -0.25) is 15.0 Å². The number of likely N-dealkylation sites (tertiary alicyclic amines) is 1. The molecule has 150 valence electrons. The van der Waals surface area contributed by atoms with Crippen LogP contribution in [0.3, 0.4) is 0 Å². The molecule has 1 aromatic rings. The SMILES string of the molecule is CCOC(=O)C1=C(CN2CCCCC2)NC(=O)N[C@H]1c1ccc([N+](=O)[O-])cc1. The zero-order valence-electron chi connectivity index (χ0n) is 15.8. The van der Waals surface area contributed by atoms with Gasteiger partial charge in [-0.25, -0.2) is 9.59 Å². The van der Waals surface area contributed by atoms with Crippen molar-refractivity contribution in [2.45, 2.75) is 32.2 Å². The van der Waals surface area contributed by atoms with Gasteiger partial charge in [0.2, 0.25) is 0 Å². The van der Waals surface area contributed by atoms with E-state index in [0.717, 1.165) is 25.9 Å². The smallest absolute Gasteiger partial charge is 0.338 e. The number of hydrogen-bond acceptors (Lipinski definition) is 6. The summed E-state index contributed by atoms with van der Waals surface area (Å²) in [7, 11) is 0. The van der Waals surface area contributed by atoms with Crippen LogP contribution in [0, 0.1) is 10.1 Å². The number of nitro benzene ring substituents is 1. The van der Waals surface area contributed by atoms with E-state index in [1.54, 1.807) is 19.1 Å². The first-order chi connectivity index (χ1) is 13.5. The van der Waals surface area contributed by atoms with Crippen LogP contribution in [0.1, 0.15) is 37.8 Å². The summed E-state index contributed by atoms with van der Waals surface area (Å²) in [4.78, 5) is 37.6. The Bertz CT molecular complexity index is 784. The highest BCUT2D eigenvalue weighted by atomic mass is 16.6. The van der Waals surface area contributed by atoms with Gasteiger partial charge in [0.25, 0.3) is 5.69 Å². The van der Waals surface area contributed by atoms with Crippen molar-refractivity contribution in [2.75, 3.05) is 26.2 Å². The molecule has 9 nitrogen and oxygen atoms in total. The van der Waals surface area contributed by atoms with Gasteiger partial charge in [0, 0.05) is 24.4 Å². The summed E-state index contributed by atoms with van der Waals surface area (Å²) in [5, 5.41) is 16.4. The molecule has 2 amide bonds. The maximum atomic E-state index is 12.7. The fraction of sp³-hybridized carbons (Fsp3) is 0.474. The molecule has 2 aliphatic heterocycles. The lowest BCUT2D eigenvalue weighted by Crippen LogP contribution is -2.49. The van der Waals surface area contributed by atoms with Gasteiger partial charge in [-0.05, 0) is 50.6 Å². The van der Waals surface area contributed by atoms with Gasteiger partial charge in [-0.15, -0.1) is 0 Å². The molecule has 2 heterocycles. The molecule has 3 rings (SSSR count). The lowest BCUT2D eigenvalue weighted by Gasteiger charge is -2.33. The molecule has 9 heteroatoms. The molecular formula is C19H24N4O5. The molecule has 0 spiro atoms. The number of nitrogens with one attached hydrogen (secondary N) is 2. The number of hydrogen-bond donors (Lipinski definition) is 2. The lowest BCUT2D eigenvalue weighted by atomic mass is 9.94. The number of amides is 2. The van der Waals surface area contributed by atoms with Crippen LogP contribution in [0.2, 0.25) is 0 Å². The zero-order valence-corrected chi connectivity index (χ0v) is 15.8. The number of ether oxygens (including phenoxy) is 1. The number of benzene rings is 1. The van der Waals surface area contributed by atoms with Gasteiger partial charge >= 0.3 is 12.0 Å². The third kappa shape index (κ3) is 4.48. The van der Waals surface area contributed by atoms with Crippen LogP contribution >= 0.6 is 0 Å². The number of non-ortho nitro benzene ring substituents is 1. The van der Waals surface area contributed by atoms with Gasteiger partial charge in [0.1, 0.15) is 0 Å². The fourth-order valence-corrected chi connectivity index (χ4v) is 3.57. The molecule has 1 fully saturated rings. The molecular weight excluding hydrogens is 364 g/mol. The molecule has 0 unspecified atom stereocenters. The van der Waals surface area contributed by atoms with Crippen molar-refractivity contribution in [3.05, 3.63) is 51.2 Å². The number of nitro groups is 1. The topological polar surface area (TPSA) is 114 Å². The number of nitrogens with zero attached hydrogens (tertiary/aromatic N) is 2. The van der Waals surface area contributed by atoms with Crippen molar-refractivity contribution in [1.82, 2.24) is 15.5 Å². The zero-order chi connectivity index (χ0) is 20.1. The second kappa shape index (κ2) is 8.83. The maximum absolute atomic E-state index is 12.7. The summed E-state index contributed by atoms with van der Waals surface area (Å²) in [6.07, 6.45) is 3.35. The summed E-state index contributed by atoms with van der Waals surface area (Å²) in [5.74, 6) is -0.509. The van der Waals surface area contributed by atoms with Gasteiger partial charge in [-0.1, -0.05) is 6.42 Å². The highest BCUT2D eigenvalue weighted by Crippen LogP contribution is 2.29. The first-order valence-electron chi connectivity index (χ1n) is 9.44. The Balaban J connectivity index is 1.97. The van der Waals surface area contributed by atoms with Gasteiger partial charge in [0.15, 0.2) is 0 Å². The highest BCUT2D eigenvalue weighted by molar-refractivity contribution is 5.95. The monoisotopic (exact) mass is 388 g/mol. The Morgan fingerprint density at radius 2 is 1.93 bits per heavy atom. The van der Waals surface area contributed by atoms with Gasteiger partial charge in [-0.2, -0.15) is 0 Å². The average molecular weight is 388 g/mol. The van der Waals surface area contributed by atoms with Gasteiger partial charge in [0.05, 0.1) is 23.1 Å². The molecule has 1 aromatic carbocycles. The van der Waals surface area contributed by atoms with E-state index in [9.17, 15) is 19.7 Å². The minimum absolute atomic E-state index is 0.0563. The molecule has 2 aliphatic rings. The maximum Gasteiger partial charge on any atom is 0.338 e. The van der Waals surface area contributed by atoms with Crippen LogP contribution in [0.15, 0.2) is 35.5 Å². The first kappa shape index (κ1) is 19.8. The van der Waals surface area contributed by atoms with Gasteiger partial charge < -0.3 is 15.4 Å². The second-order valence-electron chi connectivity index (χ2n) is 6.83. The summed E-state index contributed by atoms with van der Waals surface area (Å²) in [6, 6.07) is 4.67. The largest absolute Gasteiger partial charge is 0.463 e. The van der Waals surface area contributed by atoms with Crippen molar-refractivity contribution >= 4 is 17.7 Å². The molecule has 0 radical (unpaired) electrons. The number of urea groups is 1. The second-order valence-corrected chi connectivity index (χ2v) is 6.83. The predicted molar refractivity (Wildman–Crippen MR) is 101 cm³/mol. The third-order valence-corrected chi connectivity index (χ3v) is 4.92. The van der Waals surface area contributed by atoms with E-state index in [2.05, 4.69) is 15.5 Å². The van der Waals surface area contributed by atoms with Crippen LogP contribution in [-0.4, -0.2) is 48.1 Å². The van der Waals surface area contributed by atoms with Crippen molar-refractivity contribution in [1.29, 1.82) is 0 Å². The van der Waals surface area contributed by atoms with Crippen LogP contribution in [-0.2, 0) is 9.53 Å². The van der Waals surface area contributed by atoms with Crippen LogP contribution < -0.4 is 10.6 Å². The van der Waals surface area contributed by atoms with Crippen LogP contribution in [0.4, 0.5) is 10.5 Å². The lowest BCUT2D eigenvalue weighted by molar-refractivity contribution is -0.384. The molecule has 28 heavy (non-hydrogen) atoms. The highest BCUT2D eigenvalue weighted by Gasteiger charge is 2.34. The number of carbonyl (C=O) groups is 2. The molecule has 1 atom stereocenters. The standard InChI is InChI=1S/C19H24N4O5/c1-2-28-18(24)16-15(12-22-10-4-3-5-11-22)20-19(25)21-17(16)13-6-8-14(9-7-13)23(26)27/h6-9,17H,2-5,10-12H2,1H3,(H2,20,21,25)/t17-/m0/s1. The van der Waals surface area contributed by atoms with Crippen LogP contribution in [0.5, 0.6) is 0 Å². The molecule has 0 bridgehead atoms. The quantitative estimate of drug-likeness (QED) is 0.439. The Morgan fingerprint density at radius 1 is 1.25 bits per heavy atom. The third-order valence-electron chi connectivity index (χ3n) is 4.92. The number of rotatable bonds is 6. The normalized spacial score (nSPS) is 20.3. The average Bonchev–Trinajstić information content (AvgIpc) is 2.68. The Labute approximate surface area is 162 Å². The number of piperidine rings is 1. The Hall–Kier alpha value is -2.94. The summed E-state index contributed by atoms with van der Waals surface area (Å²) >= 11 is 0. The Kier molecular flexibility index (Phi) is 6.25. The van der Waals surface area contributed by atoms with E-state index >= 15 is 0 Å². The van der Waals surface area contributed by atoms with E-state index in [0.29, 0.717) is 23.4 Å². The predicted octanol–water partition coefficient (Wildman–Crippen LogP) is 2.25. The number of esters is 1. The molecule has 0 saturated carbocycles. The summed E-state index contributed by atoms with van der Waals surface area (Å²) in [5.41, 5.74) is 1.38. The van der Waals surface area contributed by atoms with E-state index in [1.807, 2.05) is 0 Å². The minimum atomic E-state index is -0.728. The molecule has 0 aliphatic carbocycles.